The van der Waals surface area contributed by atoms with Crippen LogP contribution in [-0.2, 0) is 31.1 Å². The summed E-state index contributed by atoms with van der Waals surface area (Å²) in [4.78, 5) is 34.5. The monoisotopic (exact) mass is 497 g/mol. The van der Waals surface area contributed by atoms with Gasteiger partial charge in [-0.05, 0) is 23.3 Å². The first-order valence-electron chi connectivity index (χ1n) is 11.8. The number of ketones is 1. The molecule has 4 aromatic rings. The number of benzene rings is 2. The zero-order chi connectivity index (χ0) is 25.9. The number of aliphatic hydroxyl groups is 1. The quantitative estimate of drug-likeness (QED) is 0.286. The minimum absolute atomic E-state index is 0.00526. The fourth-order valence-electron chi connectivity index (χ4n) is 3.64. The van der Waals surface area contributed by atoms with Gasteiger partial charge in [0, 0.05) is 18.0 Å². The van der Waals surface area contributed by atoms with E-state index < -0.39 is 18.3 Å². The van der Waals surface area contributed by atoms with Crippen molar-refractivity contribution in [1.29, 1.82) is 0 Å². The van der Waals surface area contributed by atoms with Gasteiger partial charge in [0.15, 0.2) is 11.4 Å². The summed E-state index contributed by atoms with van der Waals surface area (Å²) in [6, 6.07) is 24.3. The van der Waals surface area contributed by atoms with Crippen molar-refractivity contribution in [2.75, 3.05) is 6.61 Å². The van der Waals surface area contributed by atoms with Crippen LogP contribution >= 0.6 is 0 Å². The zero-order valence-corrected chi connectivity index (χ0v) is 20.2. The van der Waals surface area contributed by atoms with Gasteiger partial charge in [-0.3, -0.25) is 14.6 Å². The number of Topliss-reactive ketones (excluding diaryl/α,β-unsaturated/α-hetero) is 1. The first-order chi connectivity index (χ1) is 18.2. The van der Waals surface area contributed by atoms with Gasteiger partial charge in [-0.1, -0.05) is 66.7 Å². The van der Waals surface area contributed by atoms with Crippen LogP contribution in [0.1, 0.15) is 43.2 Å². The van der Waals surface area contributed by atoms with Crippen LogP contribution in [0.4, 0.5) is 0 Å². The van der Waals surface area contributed by atoms with Crippen molar-refractivity contribution in [1.82, 2.24) is 15.3 Å². The second kappa shape index (κ2) is 13.1. The van der Waals surface area contributed by atoms with Gasteiger partial charge in [-0.15, -0.1) is 0 Å². The largest absolute Gasteiger partial charge is 0.486 e. The van der Waals surface area contributed by atoms with Crippen molar-refractivity contribution in [2.24, 2.45) is 0 Å². The molecule has 0 aliphatic heterocycles. The molecule has 2 heterocycles. The SMILES string of the molecule is O=C(NCc1ccccn1)c1cnc(C(=O)COCc2ccccc2)c(OCc2ccccc2)c1CO. The summed E-state index contributed by atoms with van der Waals surface area (Å²) in [5.74, 6) is -0.828. The van der Waals surface area contributed by atoms with Crippen molar-refractivity contribution in [3.8, 4) is 5.75 Å². The van der Waals surface area contributed by atoms with Gasteiger partial charge in [0.05, 0.1) is 31.0 Å². The molecule has 0 saturated carbocycles. The second-order valence-electron chi connectivity index (χ2n) is 8.17. The summed E-state index contributed by atoms with van der Waals surface area (Å²) >= 11 is 0. The maximum atomic E-state index is 13.1. The van der Waals surface area contributed by atoms with Crippen LogP contribution in [0.5, 0.6) is 5.75 Å². The molecule has 0 bridgehead atoms. The Morgan fingerprint density at radius 1 is 0.838 bits per heavy atom. The molecule has 0 aliphatic rings. The Hall–Kier alpha value is -4.40. The lowest BCUT2D eigenvalue weighted by Gasteiger charge is -2.17. The van der Waals surface area contributed by atoms with Crippen molar-refractivity contribution < 1.29 is 24.2 Å². The normalized spacial score (nSPS) is 10.6. The number of carbonyl (C=O) groups excluding carboxylic acids is 2. The van der Waals surface area contributed by atoms with Crippen molar-refractivity contribution in [3.05, 3.63) is 125 Å². The molecule has 1 amide bonds. The van der Waals surface area contributed by atoms with E-state index in [0.717, 1.165) is 11.1 Å². The molecular formula is C29H27N3O5. The zero-order valence-electron chi connectivity index (χ0n) is 20.2. The Morgan fingerprint density at radius 3 is 2.16 bits per heavy atom. The highest BCUT2D eigenvalue weighted by Gasteiger charge is 2.24. The fraction of sp³-hybridized carbons (Fsp3) is 0.172. The van der Waals surface area contributed by atoms with Crippen molar-refractivity contribution in [3.63, 3.8) is 0 Å². The van der Waals surface area contributed by atoms with Gasteiger partial charge in [0.1, 0.15) is 13.2 Å². The standard InChI is InChI=1S/C29H27N3O5/c33-17-25-24(29(35)32-15-23-13-7-8-14-30-23)16-31-27(28(25)37-19-22-11-5-2-6-12-22)26(34)20-36-18-21-9-3-1-4-10-21/h1-14,16,33H,15,17-20H2,(H,32,35). The number of rotatable bonds is 12. The third-order valence-electron chi connectivity index (χ3n) is 5.53. The number of aliphatic hydroxyl groups excluding tert-OH is 1. The molecule has 0 radical (unpaired) electrons. The van der Waals surface area contributed by atoms with E-state index in [1.54, 1.807) is 18.3 Å². The highest BCUT2D eigenvalue weighted by Crippen LogP contribution is 2.28. The predicted octanol–water partition coefficient (Wildman–Crippen LogP) is 3.88. The number of ether oxygens (including phenoxy) is 2. The molecule has 8 nitrogen and oxygen atoms in total. The van der Waals surface area contributed by atoms with Gasteiger partial charge < -0.3 is 19.9 Å². The van der Waals surface area contributed by atoms with Gasteiger partial charge in [-0.25, -0.2) is 4.98 Å². The minimum Gasteiger partial charge on any atom is -0.486 e. The number of aromatic nitrogens is 2. The fourth-order valence-corrected chi connectivity index (χ4v) is 3.64. The molecule has 188 valence electrons. The minimum atomic E-state index is -0.524. The van der Waals surface area contributed by atoms with Crippen LogP contribution in [0.2, 0.25) is 0 Å². The maximum absolute atomic E-state index is 13.1. The van der Waals surface area contributed by atoms with E-state index in [4.69, 9.17) is 9.47 Å². The first-order valence-corrected chi connectivity index (χ1v) is 11.8. The van der Waals surface area contributed by atoms with Gasteiger partial charge >= 0.3 is 0 Å². The van der Waals surface area contributed by atoms with E-state index >= 15 is 0 Å². The lowest BCUT2D eigenvalue weighted by Crippen LogP contribution is -2.26. The number of nitrogens with zero attached hydrogens (tertiary/aromatic N) is 2. The highest BCUT2D eigenvalue weighted by molar-refractivity contribution is 6.01. The van der Waals surface area contributed by atoms with E-state index in [2.05, 4.69) is 15.3 Å². The van der Waals surface area contributed by atoms with Gasteiger partial charge in [0.25, 0.3) is 5.91 Å². The Bertz CT molecular complexity index is 1320. The summed E-state index contributed by atoms with van der Waals surface area (Å²) in [5, 5.41) is 13.0. The summed E-state index contributed by atoms with van der Waals surface area (Å²) in [6.07, 6.45) is 2.91. The van der Waals surface area contributed by atoms with E-state index in [-0.39, 0.29) is 48.9 Å². The molecule has 2 N–H and O–H groups in total. The lowest BCUT2D eigenvalue weighted by molar-refractivity contribution is 0.0716. The molecule has 2 aromatic heterocycles. The highest BCUT2D eigenvalue weighted by atomic mass is 16.5. The smallest absolute Gasteiger partial charge is 0.253 e. The number of nitrogens with one attached hydrogen (secondary N) is 1. The molecule has 0 atom stereocenters. The van der Waals surface area contributed by atoms with Crippen LogP contribution in [0, 0.1) is 0 Å². The number of carbonyl (C=O) groups is 2. The molecule has 4 rings (SSSR count). The maximum Gasteiger partial charge on any atom is 0.253 e. The van der Waals surface area contributed by atoms with Crippen LogP contribution < -0.4 is 10.1 Å². The topological polar surface area (TPSA) is 111 Å². The first kappa shape index (κ1) is 25.7. The summed E-state index contributed by atoms with van der Waals surface area (Å²) in [7, 11) is 0. The molecule has 8 heteroatoms. The van der Waals surface area contributed by atoms with E-state index in [0.29, 0.717) is 5.69 Å². The average Bonchev–Trinajstić information content (AvgIpc) is 2.95. The van der Waals surface area contributed by atoms with Crippen LogP contribution in [0.25, 0.3) is 0 Å². The van der Waals surface area contributed by atoms with E-state index in [1.807, 2.05) is 66.7 Å². The van der Waals surface area contributed by atoms with Gasteiger partial charge in [0.2, 0.25) is 5.78 Å². The predicted molar refractivity (Wildman–Crippen MR) is 137 cm³/mol. The Balaban J connectivity index is 1.56. The molecule has 0 spiro atoms. The van der Waals surface area contributed by atoms with Crippen LogP contribution in [0.15, 0.2) is 91.3 Å². The number of hydrogen-bond donors (Lipinski definition) is 2. The molecule has 37 heavy (non-hydrogen) atoms. The van der Waals surface area contributed by atoms with Crippen molar-refractivity contribution in [2.45, 2.75) is 26.4 Å². The van der Waals surface area contributed by atoms with E-state index in [9.17, 15) is 14.7 Å². The Morgan fingerprint density at radius 2 is 1.51 bits per heavy atom. The third-order valence-corrected chi connectivity index (χ3v) is 5.53. The Kier molecular flexibility index (Phi) is 9.07. The van der Waals surface area contributed by atoms with Crippen LogP contribution in [0.3, 0.4) is 0 Å². The number of hydrogen-bond acceptors (Lipinski definition) is 7. The Labute approximate surface area is 214 Å². The molecule has 2 aromatic carbocycles. The third kappa shape index (κ3) is 7.07. The summed E-state index contributed by atoms with van der Waals surface area (Å²) in [6.45, 7) is -0.185. The second-order valence-corrected chi connectivity index (χ2v) is 8.17. The van der Waals surface area contributed by atoms with E-state index in [1.165, 1.54) is 6.20 Å². The molecular weight excluding hydrogens is 470 g/mol. The molecule has 0 unspecified atom stereocenters. The molecule has 0 aliphatic carbocycles. The average molecular weight is 498 g/mol. The number of amides is 1. The van der Waals surface area contributed by atoms with Gasteiger partial charge in [-0.2, -0.15) is 0 Å². The molecule has 0 saturated heterocycles. The molecule has 0 fully saturated rings. The van der Waals surface area contributed by atoms with Crippen molar-refractivity contribution >= 4 is 11.7 Å². The number of pyridine rings is 2. The summed E-state index contributed by atoms with van der Waals surface area (Å²) < 4.78 is 11.6. The summed E-state index contributed by atoms with van der Waals surface area (Å²) in [5.41, 5.74) is 2.75. The van der Waals surface area contributed by atoms with Crippen LogP contribution in [-0.4, -0.2) is 33.4 Å². The lowest BCUT2D eigenvalue weighted by atomic mass is 10.1.